The zero-order valence-corrected chi connectivity index (χ0v) is 15.4. The molecule has 138 valence electrons. The predicted molar refractivity (Wildman–Crippen MR) is 93.2 cm³/mol. The van der Waals surface area contributed by atoms with E-state index in [-0.39, 0.29) is 17.9 Å². The Hall–Kier alpha value is -1.89. The van der Waals surface area contributed by atoms with E-state index in [1.54, 1.807) is 29.9 Å². The molecule has 3 rings (SSSR count). The Bertz CT molecular complexity index is 626. The van der Waals surface area contributed by atoms with Gasteiger partial charge in [0, 0.05) is 47.0 Å². The topological polar surface area (TPSA) is 67.7 Å². The second-order valence-corrected chi connectivity index (χ2v) is 7.34. The SMILES string of the molecule is CN(C)C(=O)c1cn(C)nc1CC1CCN(C(=O)C2CCCO2)CC1. The Labute approximate surface area is 148 Å². The van der Waals surface area contributed by atoms with Gasteiger partial charge < -0.3 is 14.5 Å². The van der Waals surface area contributed by atoms with Crippen LogP contribution in [0.5, 0.6) is 0 Å². The van der Waals surface area contributed by atoms with Crippen LogP contribution in [-0.2, 0) is 23.0 Å². The van der Waals surface area contributed by atoms with Crippen molar-refractivity contribution < 1.29 is 14.3 Å². The number of rotatable bonds is 4. The first kappa shape index (κ1) is 17.9. The van der Waals surface area contributed by atoms with Crippen LogP contribution >= 0.6 is 0 Å². The van der Waals surface area contributed by atoms with Crippen molar-refractivity contribution in [2.45, 2.75) is 38.2 Å². The third-order valence-corrected chi connectivity index (χ3v) is 5.16. The molecule has 1 unspecified atom stereocenters. The van der Waals surface area contributed by atoms with Crippen molar-refractivity contribution in [2.75, 3.05) is 33.8 Å². The fraction of sp³-hybridized carbons (Fsp3) is 0.722. The zero-order valence-electron chi connectivity index (χ0n) is 15.4. The molecule has 2 aliphatic heterocycles. The van der Waals surface area contributed by atoms with Crippen LogP contribution in [0.25, 0.3) is 0 Å². The molecule has 2 amide bonds. The second kappa shape index (κ2) is 7.56. The maximum atomic E-state index is 12.4. The van der Waals surface area contributed by atoms with Crippen molar-refractivity contribution in [1.82, 2.24) is 19.6 Å². The average Bonchev–Trinajstić information content (AvgIpc) is 3.24. The number of likely N-dealkylation sites (tertiary alicyclic amines) is 1. The Morgan fingerprint density at radius 3 is 2.60 bits per heavy atom. The van der Waals surface area contributed by atoms with E-state index < -0.39 is 0 Å². The summed E-state index contributed by atoms with van der Waals surface area (Å²) in [6.07, 6.45) is 6.09. The summed E-state index contributed by atoms with van der Waals surface area (Å²) in [5.41, 5.74) is 1.55. The first-order valence-electron chi connectivity index (χ1n) is 9.10. The Morgan fingerprint density at radius 2 is 2.00 bits per heavy atom. The van der Waals surface area contributed by atoms with Gasteiger partial charge in [-0.25, -0.2) is 0 Å². The summed E-state index contributed by atoms with van der Waals surface area (Å²) in [4.78, 5) is 28.3. The van der Waals surface area contributed by atoms with Crippen LogP contribution in [-0.4, -0.2) is 71.3 Å². The molecule has 0 spiro atoms. The monoisotopic (exact) mass is 348 g/mol. The van der Waals surface area contributed by atoms with E-state index in [2.05, 4.69) is 5.10 Å². The average molecular weight is 348 g/mol. The summed E-state index contributed by atoms with van der Waals surface area (Å²) in [5, 5.41) is 4.49. The van der Waals surface area contributed by atoms with E-state index >= 15 is 0 Å². The van der Waals surface area contributed by atoms with Crippen molar-refractivity contribution in [3.8, 4) is 0 Å². The fourth-order valence-electron chi connectivity index (χ4n) is 3.71. The van der Waals surface area contributed by atoms with Crippen LogP contribution in [0.3, 0.4) is 0 Å². The minimum atomic E-state index is -0.225. The summed E-state index contributed by atoms with van der Waals surface area (Å²) in [7, 11) is 5.36. The van der Waals surface area contributed by atoms with Crippen molar-refractivity contribution >= 4 is 11.8 Å². The molecule has 0 radical (unpaired) electrons. The number of hydrogen-bond acceptors (Lipinski definition) is 4. The Balaban J connectivity index is 1.57. The molecule has 0 saturated carbocycles. The summed E-state index contributed by atoms with van der Waals surface area (Å²) < 4.78 is 7.22. The molecule has 0 N–H and O–H groups in total. The first-order valence-corrected chi connectivity index (χ1v) is 9.10. The van der Waals surface area contributed by atoms with Crippen molar-refractivity contribution in [3.63, 3.8) is 0 Å². The molecule has 2 saturated heterocycles. The predicted octanol–water partition coefficient (Wildman–Crippen LogP) is 1.08. The van der Waals surface area contributed by atoms with Gasteiger partial charge in [0.25, 0.3) is 11.8 Å². The minimum absolute atomic E-state index is 0.00547. The number of nitrogens with zero attached hydrogens (tertiary/aromatic N) is 4. The molecule has 1 atom stereocenters. The van der Waals surface area contributed by atoms with Gasteiger partial charge in [0.2, 0.25) is 0 Å². The molecule has 25 heavy (non-hydrogen) atoms. The molecule has 0 aromatic carbocycles. The number of aromatic nitrogens is 2. The normalized spacial score (nSPS) is 21.6. The standard InChI is InChI=1S/C18H28N4O3/c1-20(2)17(23)14-12-21(3)19-15(14)11-13-6-8-22(9-7-13)18(24)16-5-4-10-25-16/h12-13,16H,4-11H2,1-3H3. The van der Waals surface area contributed by atoms with E-state index in [0.29, 0.717) is 18.1 Å². The first-order chi connectivity index (χ1) is 12.0. The summed E-state index contributed by atoms with van der Waals surface area (Å²) in [6, 6.07) is 0. The highest BCUT2D eigenvalue weighted by Crippen LogP contribution is 2.25. The molecular weight excluding hydrogens is 320 g/mol. The van der Waals surface area contributed by atoms with Gasteiger partial charge in [-0.2, -0.15) is 5.10 Å². The third-order valence-electron chi connectivity index (χ3n) is 5.16. The van der Waals surface area contributed by atoms with E-state index in [1.165, 1.54) is 0 Å². The lowest BCUT2D eigenvalue weighted by Gasteiger charge is -2.33. The molecule has 0 bridgehead atoms. The van der Waals surface area contributed by atoms with Gasteiger partial charge in [-0.1, -0.05) is 0 Å². The minimum Gasteiger partial charge on any atom is -0.368 e. The zero-order chi connectivity index (χ0) is 18.0. The quantitative estimate of drug-likeness (QED) is 0.817. The Kier molecular flexibility index (Phi) is 5.42. The van der Waals surface area contributed by atoms with Gasteiger partial charge >= 0.3 is 0 Å². The lowest BCUT2D eigenvalue weighted by molar-refractivity contribution is -0.142. The fourth-order valence-corrected chi connectivity index (χ4v) is 3.71. The van der Waals surface area contributed by atoms with Gasteiger partial charge in [-0.05, 0) is 38.0 Å². The van der Waals surface area contributed by atoms with Crippen LogP contribution in [0, 0.1) is 5.92 Å². The second-order valence-electron chi connectivity index (χ2n) is 7.34. The maximum absolute atomic E-state index is 12.4. The summed E-state index contributed by atoms with van der Waals surface area (Å²) in [6.45, 7) is 2.25. The van der Waals surface area contributed by atoms with Gasteiger partial charge in [0.1, 0.15) is 6.10 Å². The molecule has 1 aromatic rings. The van der Waals surface area contributed by atoms with E-state index in [1.807, 2.05) is 11.9 Å². The van der Waals surface area contributed by atoms with Crippen LogP contribution < -0.4 is 0 Å². The number of aryl methyl sites for hydroxylation is 1. The molecular formula is C18H28N4O3. The lowest BCUT2D eigenvalue weighted by atomic mass is 9.90. The highest BCUT2D eigenvalue weighted by atomic mass is 16.5. The number of carbonyl (C=O) groups is 2. The smallest absolute Gasteiger partial charge is 0.256 e. The van der Waals surface area contributed by atoms with Gasteiger partial charge in [0.15, 0.2) is 0 Å². The summed E-state index contributed by atoms with van der Waals surface area (Å²) >= 11 is 0. The maximum Gasteiger partial charge on any atom is 0.256 e. The van der Waals surface area contributed by atoms with Gasteiger partial charge in [-0.15, -0.1) is 0 Å². The van der Waals surface area contributed by atoms with Gasteiger partial charge in [0.05, 0.1) is 11.3 Å². The lowest BCUT2D eigenvalue weighted by Crippen LogP contribution is -2.44. The molecule has 3 heterocycles. The molecule has 7 heteroatoms. The molecule has 0 aliphatic carbocycles. The number of ether oxygens (including phenoxy) is 1. The molecule has 1 aromatic heterocycles. The number of amides is 2. The summed E-state index contributed by atoms with van der Waals surface area (Å²) in [5.74, 6) is 0.600. The number of hydrogen-bond donors (Lipinski definition) is 0. The highest BCUT2D eigenvalue weighted by Gasteiger charge is 2.31. The highest BCUT2D eigenvalue weighted by molar-refractivity contribution is 5.94. The van der Waals surface area contributed by atoms with Crippen LogP contribution in [0.15, 0.2) is 6.20 Å². The van der Waals surface area contributed by atoms with Crippen molar-refractivity contribution in [3.05, 3.63) is 17.5 Å². The van der Waals surface area contributed by atoms with Crippen LogP contribution in [0.4, 0.5) is 0 Å². The molecule has 2 fully saturated rings. The molecule has 2 aliphatic rings. The van der Waals surface area contributed by atoms with Crippen LogP contribution in [0.2, 0.25) is 0 Å². The van der Waals surface area contributed by atoms with Crippen LogP contribution in [0.1, 0.15) is 41.7 Å². The van der Waals surface area contributed by atoms with Crippen molar-refractivity contribution in [1.29, 1.82) is 0 Å². The number of piperidine rings is 1. The van der Waals surface area contributed by atoms with E-state index in [4.69, 9.17) is 4.74 Å². The third kappa shape index (κ3) is 4.03. The van der Waals surface area contributed by atoms with E-state index in [9.17, 15) is 9.59 Å². The number of carbonyl (C=O) groups excluding carboxylic acids is 2. The van der Waals surface area contributed by atoms with Gasteiger partial charge in [-0.3, -0.25) is 14.3 Å². The van der Waals surface area contributed by atoms with E-state index in [0.717, 1.165) is 50.9 Å². The van der Waals surface area contributed by atoms with Crippen molar-refractivity contribution in [2.24, 2.45) is 13.0 Å². The Morgan fingerprint density at radius 1 is 1.28 bits per heavy atom. The largest absolute Gasteiger partial charge is 0.368 e. The molecule has 7 nitrogen and oxygen atoms in total.